The number of hydrogen-bond acceptors (Lipinski definition) is 4. The first kappa shape index (κ1) is 13.3. The Balaban J connectivity index is 2.36. The summed E-state index contributed by atoms with van der Waals surface area (Å²) in [6.07, 6.45) is 1.82. The van der Waals surface area contributed by atoms with Crippen LogP contribution < -0.4 is 5.73 Å². The Labute approximate surface area is 121 Å². The number of pyridine rings is 1. The smallest absolute Gasteiger partial charge is 0.165 e. The Morgan fingerprint density at radius 2 is 1.90 bits per heavy atom. The van der Waals surface area contributed by atoms with Crippen molar-refractivity contribution >= 4 is 11.6 Å². The molecule has 3 rings (SSSR count). The Bertz CT molecular complexity index is 776. The van der Waals surface area contributed by atoms with Crippen molar-refractivity contribution in [3.63, 3.8) is 0 Å². The largest absolute Gasteiger partial charge is 0.383 e. The summed E-state index contributed by atoms with van der Waals surface area (Å²) in [5.41, 5.74) is 8.19. The average molecular weight is 281 g/mol. The lowest BCUT2D eigenvalue weighted by molar-refractivity contribution is 0.0972. The molecule has 0 amide bonds. The highest BCUT2D eigenvalue weighted by Crippen LogP contribution is 2.35. The molecule has 104 valence electrons. The van der Waals surface area contributed by atoms with Crippen LogP contribution in [0, 0.1) is 17.1 Å². The van der Waals surface area contributed by atoms with E-state index >= 15 is 0 Å². The summed E-state index contributed by atoms with van der Waals surface area (Å²) < 4.78 is 13.1. The van der Waals surface area contributed by atoms with Crippen LogP contribution in [0.2, 0.25) is 0 Å². The highest BCUT2D eigenvalue weighted by molar-refractivity contribution is 6.06. The lowest BCUT2D eigenvalue weighted by Gasteiger charge is -2.20. The van der Waals surface area contributed by atoms with E-state index in [2.05, 4.69) is 4.98 Å². The van der Waals surface area contributed by atoms with Gasteiger partial charge in [-0.3, -0.25) is 4.79 Å². The van der Waals surface area contributed by atoms with Crippen molar-refractivity contribution in [2.75, 3.05) is 5.73 Å². The van der Waals surface area contributed by atoms with Crippen LogP contribution in [0.4, 0.5) is 10.2 Å². The molecule has 0 spiro atoms. The molecule has 1 aliphatic carbocycles. The van der Waals surface area contributed by atoms with E-state index in [1.54, 1.807) is 12.1 Å². The van der Waals surface area contributed by atoms with Gasteiger partial charge in [0.1, 0.15) is 23.3 Å². The van der Waals surface area contributed by atoms with Crippen LogP contribution >= 0.6 is 0 Å². The van der Waals surface area contributed by atoms with Crippen LogP contribution in [0.25, 0.3) is 11.1 Å². The number of anilines is 1. The van der Waals surface area contributed by atoms with Gasteiger partial charge in [0, 0.05) is 17.5 Å². The number of rotatable bonds is 1. The van der Waals surface area contributed by atoms with Gasteiger partial charge in [0.25, 0.3) is 0 Å². The monoisotopic (exact) mass is 281 g/mol. The fourth-order valence-corrected chi connectivity index (χ4v) is 2.70. The number of nitrogens with zero attached hydrogens (tertiary/aromatic N) is 2. The fourth-order valence-electron chi connectivity index (χ4n) is 2.70. The maximum absolute atomic E-state index is 13.1. The number of Topliss-reactive ketones (excluding diaryl/α,β-unsaturated/α-hetero) is 1. The zero-order chi connectivity index (χ0) is 15.0. The molecule has 1 aliphatic rings. The summed E-state index contributed by atoms with van der Waals surface area (Å²) in [7, 11) is 0. The number of fused-ring (bicyclic) bond motifs is 1. The van der Waals surface area contributed by atoms with Gasteiger partial charge in [-0.1, -0.05) is 12.1 Å². The molecule has 1 aromatic heterocycles. The molecule has 0 saturated carbocycles. The lowest BCUT2D eigenvalue weighted by atomic mass is 9.86. The number of halogens is 1. The summed E-state index contributed by atoms with van der Waals surface area (Å²) in [5, 5.41) is 9.35. The van der Waals surface area contributed by atoms with Crippen LogP contribution in [0.5, 0.6) is 0 Å². The quantitative estimate of drug-likeness (QED) is 0.871. The number of ketones is 1. The summed E-state index contributed by atoms with van der Waals surface area (Å²) >= 11 is 0. The Morgan fingerprint density at radius 3 is 2.57 bits per heavy atom. The molecule has 21 heavy (non-hydrogen) atoms. The number of aromatic nitrogens is 1. The highest BCUT2D eigenvalue weighted by Gasteiger charge is 2.27. The van der Waals surface area contributed by atoms with E-state index in [4.69, 9.17) is 5.73 Å². The molecule has 2 aromatic rings. The Hall–Kier alpha value is -2.74. The summed E-state index contributed by atoms with van der Waals surface area (Å²) in [5.74, 6) is -0.302. The maximum Gasteiger partial charge on any atom is 0.165 e. The Morgan fingerprint density at radius 1 is 1.19 bits per heavy atom. The second-order valence-electron chi connectivity index (χ2n) is 4.96. The van der Waals surface area contributed by atoms with Crippen molar-refractivity contribution in [2.45, 2.75) is 19.3 Å². The molecule has 0 bridgehead atoms. The summed E-state index contributed by atoms with van der Waals surface area (Å²) in [4.78, 5) is 16.5. The van der Waals surface area contributed by atoms with E-state index in [9.17, 15) is 14.4 Å². The van der Waals surface area contributed by atoms with Crippen molar-refractivity contribution < 1.29 is 9.18 Å². The number of nitrogen functional groups attached to an aromatic ring is 1. The van der Waals surface area contributed by atoms with E-state index in [-0.39, 0.29) is 23.0 Å². The number of carbonyl (C=O) groups excluding carboxylic acids is 1. The molecule has 0 radical (unpaired) electrons. The normalized spacial score (nSPS) is 13.6. The number of aryl methyl sites for hydroxylation is 1. The van der Waals surface area contributed by atoms with Crippen LogP contribution in [-0.4, -0.2) is 10.8 Å². The molecule has 0 unspecified atom stereocenters. The van der Waals surface area contributed by atoms with Crippen molar-refractivity contribution in [1.82, 2.24) is 4.98 Å². The Kier molecular flexibility index (Phi) is 3.15. The SMILES string of the molecule is N#Cc1c(N)nc2c(c1-c1ccc(F)cc1)C(=O)CCC2. The fraction of sp³-hybridized carbons (Fsp3) is 0.188. The van der Waals surface area contributed by atoms with Crippen molar-refractivity contribution in [3.8, 4) is 17.2 Å². The molecule has 2 N–H and O–H groups in total. The lowest BCUT2D eigenvalue weighted by Crippen LogP contribution is -2.17. The third-order valence-electron chi connectivity index (χ3n) is 3.64. The zero-order valence-corrected chi connectivity index (χ0v) is 11.2. The first-order valence-corrected chi connectivity index (χ1v) is 6.63. The van der Waals surface area contributed by atoms with Crippen LogP contribution in [0.15, 0.2) is 24.3 Å². The van der Waals surface area contributed by atoms with E-state index in [0.717, 1.165) is 6.42 Å². The molecule has 4 nitrogen and oxygen atoms in total. The zero-order valence-electron chi connectivity index (χ0n) is 11.2. The summed E-state index contributed by atoms with van der Waals surface area (Å²) in [6.45, 7) is 0. The number of benzene rings is 1. The molecule has 0 fully saturated rings. The number of carbonyl (C=O) groups is 1. The van der Waals surface area contributed by atoms with Gasteiger partial charge in [-0.25, -0.2) is 9.37 Å². The van der Waals surface area contributed by atoms with Crippen LogP contribution in [-0.2, 0) is 6.42 Å². The molecule has 0 atom stereocenters. The van der Waals surface area contributed by atoms with Crippen LogP contribution in [0.1, 0.15) is 34.5 Å². The van der Waals surface area contributed by atoms with Gasteiger partial charge in [-0.05, 0) is 30.5 Å². The second-order valence-corrected chi connectivity index (χ2v) is 4.96. The average Bonchev–Trinajstić information content (AvgIpc) is 2.47. The van der Waals surface area contributed by atoms with E-state index < -0.39 is 0 Å². The van der Waals surface area contributed by atoms with E-state index in [1.165, 1.54) is 12.1 Å². The summed E-state index contributed by atoms with van der Waals surface area (Å²) in [6, 6.07) is 7.71. The third-order valence-corrected chi connectivity index (χ3v) is 3.64. The predicted octanol–water partition coefficient (Wildman–Crippen LogP) is 2.86. The van der Waals surface area contributed by atoms with Crippen molar-refractivity contribution in [1.29, 1.82) is 5.26 Å². The topological polar surface area (TPSA) is 79.8 Å². The molecule has 1 heterocycles. The molecule has 1 aromatic carbocycles. The van der Waals surface area contributed by atoms with E-state index in [0.29, 0.717) is 35.2 Å². The van der Waals surface area contributed by atoms with Gasteiger partial charge in [-0.2, -0.15) is 5.26 Å². The third kappa shape index (κ3) is 2.15. The highest BCUT2D eigenvalue weighted by atomic mass is 19.1. The molecular formula is C16H12FN3O. The minimum absolute atomic E-state index is 0.0421. The number of nitrogens with two attached hydrogens (primary N) is 1. The molecule has 0 saturated heterocycles. The van der Waals surface area contributed by atoms with Gasteiger partial charge in [0.2, 0.25) is 0 Å². The first-order chi connectivity index (χ1) is 10.1. The van der Waals surface area contributed by atoms with Gasteiger partial charge < -0.3 is 5.73 Å². The number of nitriles is 1. The standard InChI is InChI=1S/C16H12FN3O/c17-10-6-4-9(5-7-10)14-11(8-18)16(19)20-12-2-1-3-13(21)15(12)14/h4-7H,1-3H2,(H2,19,20). The maximum atomic E-state index is 13.1. The van der Waals surface area contributed by atoms with Gasteiger partial charge in [-0.15, -0.1) is 0 Å². The van der Waals surface area contributed by atoms with Gasteiger partial charge >= 0.3 is 0 Å². The predicted molar refractivity (Wildman–Crippen MR) is 76.0 cm³/mol. The van der Waals surface area contributed by atoms with Gasteiger partial charge in [0.15, 0.2) is 5.78 Å². The minimum atomic E-state index is -0.375. The van der Waals surface area contributed by atoms with Crippen molar-refractivity contribution in [2.24, 2.45) is 0 Å². The van der Waals surface area contributed by atoms with Gasteiger partial charge in [0.05, 0.1) is 5.69 Å². The van der Waals surface area contributed by atoms with Crippen molar-refractivity contribution in [3.05, 3.63) is 46.9 Å². The van der Waals surface area contributed by atoms with E-state index in [1.807, 2.05) is 6.07 Å². The number of hydrogen-bond donors (Lipinski definition) is 1. The van der Waals surface area contributed by atoms with Crippen LogP contribution in [0.3, 0.4) is 0 Å². The molecule has 0 aliphatic heterocycles. The minimum Gasteiger partial charge on any atom is -0.383 e. The molecule has 5 heteroatoms. The second kappa shape index (κ2) is 4.98. The first-order valence-electron chi connectivity index (χ1n) is 6.63. The molecular weight excluding hydrogens is 269 g/mol.